The number of methoxy groups -OCH3 is 1. The van der Waals surface area contributed by atoms with Crippen LogP contribution in [0.1, 0.15) is 0 Å². The summed E-state index contributed by atoms with van der Waals surface area (Å²) in [6.45, 7) is 4.94. The second-order valence-electron chi connectivity index (χ2n) is 4.69. The van der Waals surface area contributed by atoms with Crippen molar-refractivity contribution in [2.24, 2.45) is 0 Å². The van der Waals surface area contributed by atoms with E-state index in [1.807, 2.05) is 24.3 Å². The fraction of sp³-hybridized carbons (Fsp3) is 0.571. The van der Waals surface area contributed by atoms with Gasteiger partial charge < -0.3 is 19.9 Å². The molecule has 0 saturated carbocycles. The predicted octanol–water partition coefficient (Wildman–Crippen LogP) is 1.18. The monoisotopic (exact) mass is 338 g/mol. The topological polar surface area (TPSA) is 54.0 Å². The molecule has 0 radical (unpaired) electrons. The number of aliphatic hydroxyl groups excluding tert-OH is 1. The molecule has 1 fully saturated rings. The highest BCUT2D eigenvalue weighted by atomic mass is 35.5. The molecular formula is C14H24Cl2N2O3. The van der Waals surface area contributed by atoms with Gasteiger partial charge >= 0.3 is 0 Å². The molecule has 1 saturated heterocycles. The molecule has 2 N–H and O–H groups in total. The molecule has 1 aromatic carbocycles. The number of hydrogen-bond donors (Lipinski definition) is 2. The van der Waals surface area contributed by atoms with Gasteiger partial charge in [-0.25, -0.2) is 0 Å². The van der Waals surface area contributed by atoms with Gasteiger partial charge in [0.25, 0.3) is 0 Å². The lowest BCUT2D eigenvalue weighted by atomic mass is 10.3. The van der Waals surface area contributed by atoms with Crippen molar-refractivity contribution < 1.29 is 14.6 Å². The van der Waals surface area contributed by atoms with E-state index >= 15 is 0 Å². The molecule has 1 unspecified atom stereocenters. The molecular weight excluding hydrogens is 315 g/mol. The highest BCUT2D eigenvalue weighted by Crippen LogP contribution is 2.17. The first-order valence-corrected chi connectivity index (χ1v) is 6.66. The van der Waals surface area contributed by atoms with Crippen molar-refractivity contribution in [2.75, 3.05) is 46.4 Å². The average Bonchev–Trinajstić information content (AvgIpc) is 2.47. The van der Waals surface area contributed by atoms with Crippen molar-refractivity contribution in [1.82, 2.24) is 10.2 Å². The normalized spacial score (nSPS) is 16.3. The van der Waals surface area contributed by atoms with Gasteiger partial charge in [0.05, 0.1) is 7.11 Å². The smallest absolute Gasteiger partial charge is 0.119 e. The van der Waals surface area contributed by atoms with Gasteiger partial charge in [-0.3, -0.25) is 4.90 Å². The Bertz CT molecular complexity index is 373. The Balaban J connectivity index is 0.00000200. The number of rotatable bonds is 6. The fourth-order valence-electron chi connectivity index (χ4n) is 2.11. The first-order chi connectivity index (χ1) is 9.28. The minimum absolute atomic E-state index is 0. The maximum Gasteiger partial charge on any atom is 0.119 e. The van der Waals surface area contributed by atoms with Crippen LogP contribution >= 0.6 is 24.8 Å². The van der Waals surface area contributed by atoms with E-state index in [1.54, 1.807) is 7.11 Å². The summed E-state index contributed by atoms with van der Waals surface area (Å²) in [7, 11) is 1.63. The number of hydrogen-bond acceptors (Lipinski definition) is 5. The van der Waals surface area contributed by atoms with E-state index < -0.39 is 6.10 Å². The Hall–Kier alpha value is -0.720. The summed E-state index contributed by atoms with van der Waals surface area (Å²) in [5, 5.41) is 13.2. The number of piperazine rings is 1. The number of benzene rings is 1. The number of aliphatic hydroxyl groups is 1. The van der Waals surface area contributed by atoms with E-state index in [2.05, 4.69) is 10.2 Å². The molecule has 0 aromatic heterocycles. The summed E-state index contributed by atoms with van der Waals surface area (Å²) in [5.41, 5.74) is 0. The first kappa shape index (κ1) is 20.3. The zero-order valence-corrected chi connectivity index (χ0v) is 13.8. The van der Waals surface area contributed by atoms with E-state index in [-0.39, 0.29) is 24.8 Å². The summed E-state index contributed by atoms with van der Waals surface area (Å²) >= 11 is 0. The van der Waals surface area contributed by atoms with Gasteiger partial charge in [0.15, 0.2) is 0 Å². The van der Waals surface area contributed by atoms with Crippen molar-refractivity contribution in [3.8, 4) is 11.5 Å². The van der Waals surface area contributed by atoms with Gasteiger partial charge in [0, 0.05) is 32.7 Å². The Morgan fingerprint density at radius 3 is 2.29 bits per heavy atom. The minimum atomic E-state index is -0.458. The standard InChI is InChI=1S/C14H22N2O3.2ClH/c1-18-13-2-4-14(5-3-13)19-11-12(17)10-16-8-6-15-7-9-16;;/h2-5,12,15,17H,6-11H2,1H3;2*1H. The number of halogens is 2. The molecule has 0 bridgehead atoms. The van der Waals surface area contributed by atoms with Crippen LogP contribution in [-0.2, 0) is 0 Å². The molecule has 2 rings (SSSR count). The lowest BCUT2D eigenvalue weighted by Gasteiger charge is -2.29. The second-order valence-corrected chi connectivity index (χ2v) is 4.69. The van der Waals surface area contributed by atoms with Gasteiger partial charge in [-0.1, -0.05) is 0 Å². The van der Waals surface area contributed by atoms with Crippen molar-refractivity contribution in [2.45, 2.75) is 6.10 Å². The summed E-state index contributed by atoms with van der Waals surface area (Å²) in [6, 6.07) is 7.38. The van der Waals surface area contributed by atoms with Crippen molar-refractivity contribution in [3.63, 3.8) is 0 Å². The Kier molecular flexibility index (Phi) is 10.6. The van der Waals surface area contributed by atoms with Crippen molar-refractivity contribution >= 4 is 24.8 Å². The number of nitrogens with zero attached hydrogens (tertiary/aromatic N) is 1. The third kappa shape index (κ3) is 7.20. The van der Waals surface area contributed by atoms with Gasteiger partial charge in [-0.2, -0.15) is 0 Å². The fourth-order valence-corrected chi connectivity index (χ4v) is 2.11. The lowest BCUT2D eigenvalue weighted by Crippen LogP contribution is -2.47. The molecule has 1 aromatic rings. The lowest BCUT2D eigenvalue weighted by molar-refractivity contribution is 0.0641. The summed E-state index contributed by atoms with van der Waals surface area (Å²) < 4.78 is 10.6. The molecule has 1 aliphatic rings. The molecule has 7 heteroatoms. The van der Waals surface area contributed by atoms with Gasteiger partial charge in [0.1, 0.15) is 24.2 Å². The predicted molar refractivity (Wildman–Crippen MR) is 88.3 cm³/mol. The summed E-state index contributed by atoms with van der Waals surface area (Å²) in [4.78, 5) is 2.25. The number of nitrogens with one attached hydrogen (secondary N) is 1. The van der Waals surface area contributed by atoms with Crippen LogP contribution in [0.2, 0.25) is 0 Å². The van der Waals surface area contributed by atoms with Crippen LogP contribution in [0.25, 0.3) is 0 Å². The third-order valence-corrected chi connectivity index (χ3v) is 3.18. The van der Waals surface area contributed by atoms with E-state index in [4.69, 9.17) is 9.47 Å². The van der Waals surface area contributed by atoms with Crippen LogP contribution in [0.4, 0.5) is 0 Å². The minimum Gasteiger partial charge on any atom is -0.497 e. The molecule has 1 heterocycles. The quantitative estimate of drug-likeness (QED) is 0.815. The highest BCUT2D eigenvalue weighted by molar-refractivity contribution is 5.85. The molecule has 21 heavy (non-hydrogen) atoms. The summed E-state index contributed by atoms with van der Waals surface area (Å²) in [5.74, 6) is 1.55. The third-order valence-electron chi connectivity index (χ3n) is 3.18. The van der Waals surface area contributed by atoms with Crippen LogP contribution in [0, 0.1) is 0 Å². The van der Waals surface area contributed by atoms with Crippen LogP contribution < -0.4 is 14.8 Å². The van der Waals surface area contributed by atoms with Gasteiger partial charge in [0.2, 0.25) is 0 Å². The number of β-amino-alcohol motifs (C(OH)–C–C–N with tert-alkyl or cyclic N) is 1. The van der Waals surface area contributed by atoms with Crippen LogP contribution in [0.5, 0.6) is 11.5 Å². The Morgan fingerprint density at radius 2 is 1.71 bits per heavy atom. The zero-order valence-electron chi connectivity index (χ0n) is 12.2. The molecule has 122 valence electrons. The maximum atomic E-state index is 9.95. The molecule has 0 aliphatic carbocycles. The van der Waals surface area contributed by atoms with Gasteiger partial charge in [-0.05, 0) is 24.3 Å². The Morgan fingerprint density at radius 1 is 1.14 bits per heavy atom. The maximum absolute atomic E-state index is 9.95. The molecule has 1 aliphatic heterocycles. The molecule has 0 spiro atoms. The average molecular weight is 339 g/mol. The highest BCUT2D eigenvalue weighted by Gasteiger charge is 2.14. The van der Waals surface area contributed by atoms with E-state index in [9.17, 15) is 5.11 Å². The molecule has 5 nitrogen and oxygen atoms in total. The largest absolute Gasteiger partial charge is 0.497 e. The van der Waals surface area contributed by atoms with Gasteiger partial charge in [-0.15, -0.1) is 24.8 Å². The SMILES string of the molecule is COc1ccc(OCC(O)CN2CCNCC2)cc1.Cl.Cl. The zero-order chi connectivity index (χ0) is 13.5. The van der Waals surface area contributed by atoms with Crippen molar-refractivity contribution in [3.05, 3.63) is 24.3 Å². The van der Waals surface area contributed by atoms with E-state index in [0.29, 0.717) is 13.2 Å². The molecule has 1 atom stereocenters. The summed E-state index contributed by atoms with van der Waals surface area (Å²) in [6.07, 6.45) is -0.458. The van der Waals surface area contributed by atoms with Crippen LogP contribution in [-0.4, -0.2) is 62.6 Å². The second kappa shape index (κ2) is 10.9. The van der Waals surface area contributed by atoms with Crippen LogP contribution in [0.3, 0.4) is 0 Å². The first-order valence-electron chi connectivity index (χ1n) is 6.66. The van der Waals surface area contributed by atoms with Crippen molar-refractivity contribution in [1.29, 1.82) is 0 Å². The van der Waals surface area contributed by atoms with E-state index in [1.165, 1.54) is 0 Å². The molecule has 0 amide bonds. The Labute approximate surface area is 138 Å². The van der Waals surface area contributed by atoms with Crippen LogP contribution in [0.15, 0.2) is 24.3 Å². The van der Waals surface area contributed by atoms with E-state index in [0.717, 1.165) is 37.7 Å². The number of ether oxygens (including phenoxy) is 2.